The number of benzene rings is 1. The van der Waals surface area contributed by atoms with Crippen molar-refractivity contribution in [3.63, 3.8) is 0 Å². The molecule has 122 valence electrons. The van der Waals surface area contributed by atoms with Gasteiger partial charge < -0.3 is 4.90 Å². The summed E-state index contributed by atoms with van der Waals surface area (Å²) in [6.45, 7) is 3.45. The lowest BCUT2D eigenvalue weighted by Crippen LogP contribution is -2.32. The normalized spacial score (nSPS) is 16.2. The third-order valence-electron chi connectivity index (χ3n) is 4.17. The number of sulfonamides is 1. The van der Waals surface area contributed by atoms with Crippen molar-refractivity contribution in [1.29, 1.82) is 0 Å². The van der Waals surface area contributed by atoms with Crippen LogP contribution in [0.15, 0.2) is 18.2 Å². The Morgan fingerprint density at radius 1 is 1.14 bits per heavy atom. The predicted octanol–water partition coefficient (Wildman–Crippen LogP) is 2.41. The Morgan fingerprint density at radius 2 is 1.73 bits per heavy atom. The van der Waals surface area contributed by atoms with Crippen LogP contribution in [0.1, 0.15) is 41.6 Å². The molecule has 22 heavy (non-hydrogen) atoms. The maximum Gasteiger partial charge on any atom is 0.253 e. The van der Waals surface area contributed by atoms with Crippen molar-refractivity contribution in [3.05, 3.63) is 29.3 Å². The second-order valence-corrected chi connectivity index (χ2v) is 7.95. The Hall–Kier alpha value is -1.56. The molecule has 0 bridgehead atoms. The molecule has 5 nitrogen and oxygen atoms in total. The van der Waals surface area contributed by atoms with Crippen molar-refractivity contribution in [2.75, 3.05) is 30.7 Å². The van der Waals surface area contributed by atoms with Gasteiger partial charge in [0.05, 0.1) is 11.9 Å². The maximum atomic E-state index is 12.6. The molecule has 0 saturated carbocycles. The van der Waals surface area contributed by atoms with E-state index in [-0.39, 0.29) is 5.91 Å². The molecule has 1 aromatic rings. The van der Waals surface area contributed by atoms with Gasteiger partial charge in [-0.2, -0.15) is 0 Å². The van der Waals surface area contributed by atoms with E-state index < -0.39 is 10.0 Å². The molecule has 1 aliphatic heterocycles. The minimum atomic E-state index is -3.30. The highest BCUT2D eigenvalue weighted by Crippen LogP contribution is 2.23. The fraction of sp³-hybridized carbons (Fsp3) is 0.562. The van der Waals surface area contributed by atoms with E-state index in [0.717, 1.165) is 31.5 Å². The van der Waals surface area contributed by atoms with Crippen LogP contribution in [0.25, 0.3) is 0 Å². The summed E-state index contributed by atoms with van der Waals surface area (Å²) < 4.78 is 24.5. The monoisotopic (exact) mass is 324 g/mol. The lowest BCUT2D eigenvalue weighted by Gasteiger charge is -2.22. The Kier molecular flexibility index (Phi) is 5.11. The number of aryl methyl sites for hydroxylation is 1. The van der Waals surface area contributed by atoms with Crippen LogP contribution in [-0.4, -0.2) is 45.6 Å². The summed E-state index contributed by atoms with van der Waals surface area (Å²) in [7, 11) is -1.78. The summed E-state index contributed by atoms with van der Waals surface area (Å²) >= 11 is 0. The standard InChI is InChI=1S/C16H24N2O3S/c1-13-12-14(8-9-15(13)17(2)22(3,20)21)16(19)18-10-6-4-5-7-11-18/h8-9,12H,4-7,10-11H2,1-3H3. The average molecular weight is 324 g/mol. The second-order valence-electron chi connectivity index (χ2n) is 5.94. The number of hydrogen-bond acceptors (Lipinski definition) is 3. The quantitative estimate of drug-likeness (QED) is 0.858. The first-order chi connectivity index (χ1) is 10.3. The molecular weight excluding hydrogens is 300 g/mol. The molecule has 0 aromatic heterocycles. The number of amides is 1. The van der Waals surface area contributed by atoms with Crippen LogP contribution >= 0.6 is 0 Å². The summed E-state index contributed by atoms with van der Waals surface area (Å²) in [5.74, 6) is 0.0403. The highest BCUT2D eigenvalue weighted by molar-refractivity contribution is 7.92. The van der Waals surface area contributed by atoms with Gasteiger partial charge in [-0.05, 0) is 43.5 Å². The first-order valence-corrected chi connectivity index (χ1v) is 9.49. The van der Waals surface area contributed by atoms with Gasteiger partial charge in [0.25, 0.3) is 5.91 Å². The van der Waals surface area contributed by atoms with Crippen molar-refractivity contribution < 1.29 is 13.2 Å². The largest absolute Gasteiger partial charge is 0.339 e. The highest BCUT2D eigenvalue weighted by atomic mass is 32.2. The van der Waals surface area contributed by atoms with Crippen LogP contribution in [0, 0.1) is 6.92 Å². The number of rotatable bonds is 3. The molecule has 0 N–H and O–H groups in total. The van der Waals surface area contributed by atoms with E-state index in [1.54, 1.807) is 18.2 Å². The van der Waals surface area contributed by atoms with Gasteiger partial charge in [-0.15, -0.1) is 0 Å². The highest BCUT2D eigenvalue weighted by Gasteiger charge is 2.19. The molecule has 0 spiro atoms. The molecule has 0 atom stereocenters. The molecule has 0 unspecified atom stereocenters. The molecule has 1 amide bonds. The fourth-order valence-corrected chi connectivity index (χ4v) is 3.34. The summed E-state index contributed by atoms with van der Waals surface area (Å²) in [5.41, 5.74) is 2.02. The van der Waals surface area contributed by atoms with Gasteiger partial charge in [0.2, 0.25) is 10.0 Å². The second kappa shape index (κ2) is 6.69. The smallest absolute Gasteiger partial charge is 0.253 e. The number of nitrogens with zero attached hydrogens (tertiary/aromatic N) is 2. The van der Waals surface area contributed by atoms with Crippen LogP contribution in [0.2, 0.25) is 0 Å². The minimum Gasteiger partial charge on any atom is -0.339 e. The van der Waals surface area contributed by atoms with Crippen LogP contribution < -0.4 is 4.31 Å². The van der Waals surface area contributed by atoms with Crippen molar-refractivity contribution >= 4 is 21.6 Å². The zero-order chi connectivity index (χ0) is 16.3. The minimum absolute atomic E-state index is 0.0403. The number of likely N-dealkylation sites (tertiary alicyclic amines) is 1. The molecular formula is C16H24N2O3S. The molecule has 0 radical (unpaired) electrons. The molecule has 1 aromatic carbocycles. The summed E-state index contributed by atoms with van der Waals surface area (Å²) in [5, 5.41) is 0. The van der Waals surface area contributed by atoms with Crippen molar-refractivity contribution in [2.45, 2.75) is 32.6 Å². The van der Waals surface area contributed by atoms with E-state index in [0.29, 0.717) is 11.3 Å². The predicted molar refractivity (Wildman–Crippen MR) is 88.8 cm³/mol. The molecule has 1 heterocycles. The number of anilines is 1. The SMILES string of the molecule is Cc1cc(C(=O)N2CCCCCC2)ccc1N(C)S(C)(=O)=O. The van der Waals surface area contributed by atoms with E-state index in [1.165, 1.54) is 30.5 Å². The molecule has 1 saturated heterocycles. The van der Waals surface area contributed by atoms with E-state index in [9.17, 15) is 13.2 Å². The van der Waals surface area contributed by atoms with Gasteiger partial charge in [-0.1, -0.05) is 12.8 Å². The first-order valence-electron chi connectivity index (χ1n) is 7.64. The van der Waals surface area contributed by atoms with Gasteiger partial charge in [0, 0.05) is 25.7 Å². The van der Waals surface area contributed by atoms with Gasteiger partial charge in [-0.3, -0.25) is 9.10 Å². The molecule has 0 aliphatic carbocycles. The maximum absolute atomic E-state index is 12.6. The van der Waals surface area contributed by atoms with Crippen molar-refractivity contribution in [3.8, 4) is 0 Å². The molecule has 1 aliphatic rings. The van der Waals surface area contributed by atoms with Gasteiger partial charge in [-0.25, -0.2) is 8.42 Å². The zero-order valence-electron chi connectivity index (χ0n) is 13.5. The average Bonchev–Trinajstić information content (AvgIpc) is 2.73. The Bertz CT molecular complexity index is 647. The van der Waals surface area contributed by atoms with Crippen molar-refractivity contribution in [2.24, 2.45) is 0 Å². The van der Waals surface area contributed by atoms with Crippen LogP contribution in [0.5, 0.6) is 0 Å². The van der Waals surface area contributed by atoms with Gasteiger partial charge in [0.1, 0.15) is 0 Å². The Labute approximate surface area is 133 Å². The topological polar surface area (TPSA) is 57.7 Å². The number of hydrogen-bond donors (Lipinski definition) is 0. The summed E-state index contributed by atoms with van der Waals surface area (Å²) in [6.07, 6.45) is 5.64. The lowest BCUT2D eigenvalue weighted by molar-refractivity contribution is 0.0761. The fourth-order valence-electron chi connectivity index (χ4n) is 2.78. The van der Waals surface area contributed by atoms with Crippen LogP contribution in [-0.2, 0) is 10.0 Å². The number of carbonyl (C=O) groups excluding carboxylic acids is 1. The first kappa shape index (κ1) is 16.8. The van der Waals surface area contributed by atoms with Gasteiger partial charge in [0.15, 0.2) is 0 Å². The van der Waals surface area contributed by atoms with E-state index in [1.807, 2.05) is 11.8 Å². The van der Waals surface area contributed by atoms with E-state index in [4.69, 9.17) is 0 Å². The van der Waals surface area contributed by atoms with E-state index >= 15 is 0 Å². The molecule has 6 heteroatoms. The van der Waals surface area contributed by atoms with Crippen LogP contribution in [0.4, 0.5) is 5.69 Å². The molecule has 2 rings (SSSR count). The lowest BCUT2D eigenvalue weighted by atomic mass is 10.1. The zero-order valence-corrected chi connectivity index (χ0v) is 14.3. The Balaban J connectivity index is 2.23. The molecule has 1 fully saturated rings. The summed E-state index contributed by atoms with van der Waals surface area (Å²) in [4.78, 5) is 14.5. The third kappa shape index (κ3) is 3.80. The summed E-state index contributed by atoms with van der Waals surface area (Å²) in [6, 6.07) is 5.21. The third-order valence-corrected chi connectivity index (χ3v) is 5.37. The number of carbonyl (C=O) groups is 1. The van der Waals surface area contributed by atoms with Crippen LogP contribution in [0.3, 0.4) is 0 Å². The van der Waals surface area contributed by atoms with Crippen molar-refractivity contribution in [1.82, 2.24) is 4.90 Å². The Morgan fingerprint density at radius 3 is 2.23 bits per heavy atom. The van der Waals surface area contributed by atoms with E-state index in [2.05, 4.69) is 0 Å². The van der Waals surface area contributed by atoms with Gasteiger partial charge >= 0.3 is 0 Å².